The fourth-order valence-corrected chi connectivity index (χ4v) is 5.45. The van der Waals surface area contributed by atoms with E-state index in [4.69, 9.17) is 4.74 Å². The molecule has 0 radical (unpaired) electrons. The lowest BCUT2D eigenvalue weighted by Gasteiger charge is -2.15. The van der Waals surface area contributed by atoms with E-state index >= 15 is 0 Å². The largest absolute Gasteiger partial charge is 0.376 e. The number of hydrogen-bond donors (Lipinski definition) is 1. The van der Waals surface area contributed by atoms with Crippen LogP contribution in [0.3, 0.4) is 0 Å². The van der Waals surface area contributed by atoms with E-state index in [1.807, 2.05) is 0 Å². The van der Waals surface area contributed by atoms with Crippen molar-refractivity contribution in [3.8, 4) is 0 Å². The van der Waals surface area contributed by atoms with Gasteiger partial charge < -0.3 is 4.74 Å². The van der Waals surface area contributed by atoms with Crippen molar-refractivity contribution in [1.29, 1.82) is 0 Å². The molecule has 0 amide bonds. The number of nitrogens with one attached hydrogen (secondary N) is 1. The van der Waals surface area contributed by atoms with Crippen molar-refractivity contribution in [2.45, 2.75) is 62.1 Å². The third-order valence-electron chi connectivity index (χ3n) is 5.01. The van der Waals surface area contributed by atoms with Crippen LogP contribution in [-0.4, -0.2) is 37.0 Å². The Kier molecular flexibility index (Phi) is 3.54. The van der Waals surface area contributed by atoms with E-state index in [0.717, 1.165) is 43.4 Å². The molecule has 3 aliphatic rings. The van der Waals surface area contributed by atoms with Crippen LogP contribution in [0, 0.1) is 5.92 Å². The molecule has 122 valence electrons. The second-order valence-electron chi connectivity index (χ2n) is 6.82. The number of aromatic nitrogens is 2. The van der Waals surface area contributed by atoms with E-state index in [0.29, 0.717) is 17.6 Å². The molecule has 2 fully saturated rings. The van der Waals surface area contributed by atoms with Crippen LogP contribution in [-0.2, 0) is 34.6 Å². The molecule has 4 rings (SSSR count). The van der Waals surface area contributed by atoms with Crippen LogP contribution < -0.4 is 4.72 Å². The number of nitrogens with zero attached hydrogens (tertiary/aromatic N) is 2. The maximum Gasteiger partial charge on any atom is 0.258 e. The Morgan fingerprint density at radius 2 is 2.05 bits per heavy atom. The Bertz CT molecular complexity index is 678. The lowest BCUT2D eigenvalue weighted by molar-refractivity contribution is 0.0926. The molecule has 0 bridgehead atoms. The molecule has 6 nitrogen and oxygen atoms in total. The number of ether oxygens (including phenoxy) is 1. The first-order valence-electron chi connectivity index (χ1n) is 8.23. The molecular formula is C15H23N3O3S. The highest BCUT2D eigenvalue weighted by Crippen LogP contribution is 2.39. The van der Waals surface area contributed by atoms with Crippen molar-refractivity contribution in [2.75, 3.05) is 6.61 Å². The molecule has 1 aliphatic heterocycles. The molecule has 2 atom stereocenters. The van der Waals surface area contributed by atoms with Crippen molar-refractivity contribution in [3.63, 3.8) is 0 Å². The van der Waals surface area contributed by atoms with Crippen LogP contribution in [0.15, 0.2) is 5.03 Å². The van der Waals surface area contributed by atoms with Crippen LogP contribution in [0.4, 0.5) is 0 Å². The predicted octanol–water partition coefficient (Wildman–Crippen LogP) is 1.14. The van der Waals surface area contributed by atoms with Gasteiger partial charge in [0.15, 0.2) is 5.03 Å². The topological polar surface area (TPSA) is 73.2 Å². The Labute approximate surface area is 131 Å². The number of hydrogen-bond acceptors (Lipinski definition) is 4. The van der Waals surface area contributed by atoms with Crippen LogP contribution in [0.25, 0.3) is 0 Å². The van der Waals surface area contributed by atoms with Gasteiger partial charge in [-0.25, -0.2) is 13.1 Å². The summed E-state index contributed by atoms with van der Waals surface area (Å²) < 4.78 is 35.7. The van der Waals surface area contributed by atoms with Gasteiger partial charge in [0.05, 0.1) is 18.4 Å². The Balaban J connectivity index is 1.55. The van der Waals surface area contributed by atoms with Gasteiger partial charge in [0.1, 0.15) is 0 Å². The van der Waals surface area contributed by atoms with Gasteiger partial charge in [0.25, 0.3) is 10.0 Å². The maximum atomic E-state index is 12.8. The zero-order valence-corrected chi connectivity index (χ0v) is 13.7. The molecule has 1 saturated heterocycles. The van der Waals surface area contributed by atoms with E-state index in [1.54, 1.807) is 7.05 Å². The summed E-state index contributed by atoms with van der Waals surface area (Å²) in [6.07, 6.45) is 7.31. The average molecular weight is 325 g/mol. The van der Waals surface area contributed by atoms with Gasteiger partial charge in [0.2, 0.25) is 0 Å². The summed E-state index contributed by atoms with van der Waals surface area (Å²) in [5.74, 6) is 0.652. The maximum absolute atomic E-state index is 12.8. The van der Waals surface area contributed by atoms with Gasteiger partial charge in [-0.1, -0.05) is 0 Å². The predicted molar refractivity (Wildman–Crippen MR) is 81.0 cm³/mol. The van der Waals surface area contributed by atoms with Crippen LogP contribution >= 0.6 is 0 Å². The molecule has 0 aromatic carbocycles. The van der Waals surface area contributed by atoms with Gasteiger partial charge >= 0.3 is 0 Å². The molecule has 2 aliphatic carbocycles. The van der Waals surface area contributed by atoms with Gasteiger partial charge in [-0.05, 0) is 50.9 Å². The minimum atomic E-state index is -3.53. The van der Waals surface area contributed by atoms with E-state index in [1.165, 1.54) is 17.5 Å². The molecule has 1 saturated carbocycles. The molecule has 2 heterocycles. The van der Waals surface area contributed by atoms with E-state index in [9.17, 15) is 8.42 Å². The number of fused-ring (bicyclic) bond motifs is 1. The minimum absolute atomic E-state index is 0.107. The minimum Gasteiger partial charge on any atom is -0.376 e. The fraction of sp³-hybridized carbons (Fsp3) is 0.800. The highest BCUT2D eigenvalue weighted by atomic mass is 32.2. The Morgan fingerprint density at radius 1 is 1.27 bits per heavy atom. The highest BCUT2D eigenvalue weighted by molar-refractivity contribution is 7.89. The first-order chi connectivity index (χ1) is 10.5. The van der Waals surface area contributed by atoms with E-state index in [2.05, 4.69) is 9.82 Å². The van der Waals surface area contributed by atoms with Gasteiger partial charge in [-0.3, -0.25) is 4.68 Å². The van der Waals surface area contributed by atoms with E-state index < -0.39 is 10.0 Å². The van der Waals surface area contributed by atoms with Crippen molar-refractivity contribution in [3.05, 3.63) is 11.3 Å². The first kappa shape index (κ1) is 14.7. The number of aryl methyl sites for hydroxylation is 2. The second kappa shape index (κ2) is 5.32. The zero-order chi connectivity index (χ0) is 15.3. The standard InChI is InChI=1S/C15H23N3O3S/c1-18-15(12-4-2-3-5-13(12)16-18)22(19,20)17-11-8-14(21-9-11)10-6-7-10/h10-11,14,17H,2-9H2,1H3. The molecule has 22 heavy (non-hydrogen) atoms. The van der Waals surface area contributed by atoms with Crippen molar-refractivity contribution < 1.29 is 13.2 Å². The molecule has 7 heteroatoms. The van der Waals surface area contributed by atoms with Gasteiger partial charge in [-0.2, -0.15) is 5.10 Å². The number of rotatable bonds is 4. The third-order valence-corrected chi connectivity index (χ3v) is 6.68. The van der Waals surface area contributed by atoms with Crippen LogP contribution in [0.1, 0.15) is 43.4 Å². The third kappa shape index (κ3) is 2.59. The molecular weight excluding hydrogens is 302 g/mol. The molecule has 1 aromatic heterocycles. The molecule has 0 spiro atoms. The molecule has 1 aromatic rings. The summed E-state index contributed by atoms with van der Waals surface area (Å²) in [6.45, 7) is 0.487. The van der Waals surface area contributed by atoms with Gasteiger partial charge in [-0.15, -0.1) is 0 Å². The zero-order valence-electron chi connectivity index (χ0n) is 12.9. The number of sulfonamides is 1. The van der Waals surface area contributed by atoms with Crippen LogP contribution in [0.2, 0.25) is 0 Å². The molecule has 2 unspecified atom stereocenters. The monoisotopic (exact) mass is 325 g/mol. The van der Waals surface area contributed by atoms with Gasteiger partial charge in [0, 0.05) is 18.7 Å². The lowest BCUT2D eigenvalue weighted by atomic mass is 9.99. The smallest absolute Gasteiger partial charge is 0.258 e. The molecule has 1 N–H and O–H groups in total. The Hall–Kier alpha value is -0.920. The summed E-state index contributed by atoms with van der Waals surface area (Å²) in [7, 11) is -1.80. The SMILES string of the molecule is Cn1nc2c(c1S(=O)(=O)NC1COC(C3CC3)C1)CCCC2. The van der Waals surface area contributed by atoms with Crippen molar-refractivity contribution in [2.24, 2.45) is 13.0 Å². The lowest BCUT2D eigenvalue weighted by Crippen LogP contribution is -2.36. The highest BCUT2D eigenvalue weighted by Gasteiger charge is 2.40. The quantitative estimate of drug-likeness (QED) is 0.901. The van der Waals surface area contributed by atoms with Crippen molar-refractivity contribution in [1.82, 2.24) is 14.5 Å². The fourth-order valence-electron chi connectivity index (χ4n) is 3.80. The Morgan fingerprint density at radius 3 is 2.82 bits per heavy atom. The summed E-state index contributed by atoms with van der Waals surface area (Å²) in [6, 6.07) is -0.107. The first-order valence-corrected chi connectivity index (χ1v) is 9.71. The van der Waals surface area contributed by atoms with Crippen LogP contribution in [0.5, 0.6) is 0 Å². The summed E-state index contributed by atoms with van der Waals surface area (Å²) >= 11 is 0. The summed E-state index contributed by atoms with van der Waals surface area (Å²) in [5.41, 5.74) is 1.87. The summed E-state index contributed by atoms with van der Waals surface area (Å²) in [5, 5.41) is 4.77. The summed E-state index contributed by atoms with van der Waals surface area (Å²) in [4.78, 5) is 0. The normalized spacial score (nSPS) is 28.8. The van der Waals surface area contributed by atoms with E-state index in [-0.39, 0.29) is 12.1 Å². The van der Waals surface area contributed by atoms with Crippen molar-refractivity contribution >= 4 is 10.0 Å². The second-order valence-corrected chi connectivity index (χ2v) is 8.45. The average Bonchev–Trinajstić information content (AvgIpc) is 3.11.